The molecule has 0 aliphatic heterocycles. The summed E-state index contributed by atoms with van der Waals surface area (Å²) in [6.45, 7) is 10.7. The van der Waals surface area contributed by atoms with Gasteiger partial charge in [0.15, 0.2) is 0 Å². The summed E-state index contributed by atoms with van der Waals surface area (Å²) in [6.07, 6.45) is 1.07. The zero-order chi connectivity index (χ0) is 27.3. The number of methoxy groups -OCH3 is 1. The lowest BCUT2D eigenvalue weighted by molar-refractivity contribution is -0.137. The molecule has 2 rings (SSSR count). The third-order valence-electron chi connectivity index (χ3n) is 5.45. The second-order valence-corrected chi connectivity index (χ2v) is 9.66. The lowest BCUT2D eigenvalue weighted by Crippen LogP contribution is -2.55. The Kier molecular flexibility index (Phi) is 13.0. The van der Waals surface area contributed by atoms with Crippen LogP contribution in [0.1, 0.15) is 53.0 Å². The van der Waals surface area contributed by atoms with E-state index >= 15 is 0 Å². The highest BCUT2D eigenvalue weighted by Crippen LogP contribution is 2.23. The largest absolute Gasteiger partial charge is 0.385 e. The molecule has 2 unspecified atom stereocenters. The predicted molar refractivity (Wildman–Crippen MR) is 138 cm³/mol. The first-order valence-electron chi connectivity index (χ1n) is 12.1. The van der Waals surface area contributed by atoms with Crippen molar-refractivity contribution in [3.8, 4) is 0 Å². The summed E-state index contributed by atoms with van der Waals surface area (Å²) < 4.78 is 18.1. The molecule has 2 atom stereocenters. The molecular weight excluding hydrogens is 465 g/mol. The van der Waals surface area contributed by atoms with Crippen molar-refractivity contribution < 1.29 is 28.7 Å². The predicted octanol–water partition coefficient (Wildman–Crippen LogP) is 3.74. The number of hydroxylamine groups is 1. The second kappa shape index (κ2) is 15.2. The molecule has 3 amide bonds. The highest BCUT2D eigenvalue weighted by atomic mass is 19.1. The van der Waals surface area contributed by atoms with E-state index in [-0.39, 0.29) is 24.6 Å². The van der Waals surface area contributed by atoms with Crippen molar-refractivity contribution in [1.29, 1.82) is 0 Å². The summed E-state index contributed by atoms with van der Waals surface area (Å²) >= 11 is 0. The van der Waals surface area contributed by atoms with Crippen molar-refractivity contribution in [3.05, 3.63) is 47.8 Å². The lowest BCUT2D eigenvalue weighted by Gasteiger charge is -2.31. The molecule has 0 radical (unpaired) electrons. The van der Waals surface area contributed by atoms with E-state index < -0.39 is 29.2 Å². The Morgan fingerprint density at radius 3 is 2.19 bits per heavy atom. The molecule has 0 saturated carbocycles. The van der Waals surface area contributed by atoms with Crippen LogP contribution in [0.25, 0.3) is 10.8 Å². The number of fused-ring (bicyclic) bond motifs is 1. The third kappa shape index (κ3) is 10.3. The molecule has 8 nitrogen and oxygen atoms in total. The lowest BCUT2D eigenvalue weighted by atomic mass is 9.85. The Labute approximate surface area is 212 Å². The molecule has 0 saturated heterocycles. The van der Waals surface area contributed by atoms with Crippen LogP contribution in [-0.4, -0.2) is 49.2 Å². The Morgan fingerprint density at radius 2 is 1.67 bits per heavy atom. The summed E-state index contributed by atoms with van der Waals surface area (Å²) in [6, 6.07) is 8.98. The molecule has 2 aromatic carbocycles. The molecule has 9 heteroatoms. The topological polar surface area (TPSA) is 117 Å². The Bertz CT molecular complexity index is 1000. The number of amides is 3. The van der Waals surface area contributed by atoms with Gasteiger partial charge in [-0.1, -0.05) is 52.0 Å². The van der Waals surface area contributed by atoms with E-state index in [1.54, 1.807) is 37.7 Å². The highest BCUT2D eigenvalue weighted by molar-refractivity contribution is 5.91. The number of nitrogens with one attached hydrogen (secondary N) is 3. The van der Waals surface area contributed by atoms with Gasteiger partial charge in [0.05, 0.1) is 5.92 Å². The number of hydrogen-bond donors (Lipinski definition) is 4. The summed E-state index contributed by atoms with van der Waals surface area (Å²) in [5, 5.41) is 16.0. The van der Waals surface area contributed by atoms with Crippen LogP contribution < -0.4 is 16.1 Å². The van der Waals surface area contributed by atoms with Crippen LogP contribution in [0.3, 0.4) is 0 Å². The quantitative estimate of drug-likeness (QED) is 0.290. The molecule has 200 valence electrons. The molecule has 4 N–H and O–H groups in total. The molecule has 2 aromatic rings. The van der Waals surface area contributed by atoms with Crippen LogP contribution in [0.2, 0.25) is 0 Å². The van der Waals surface area contributed by atoms with Crippen molar-refractivity contribution in [2.75, 3.05) is 20.3 Å². The van der Waals surface area contributed by atoms with E-state index in [2.05, 4.69) is 17.6 Å². The summed E-state index contributed by atoms with van der Waals surface area (Å²) in [5.41, 5.74) is 1.78. The number of benzene rings is 2. The Balaban J connectivity index is 0.00000118. The summed E-state index contributed by atoms with van der Waals surface area (Å²) in [7, 11) is 1.71. The number of ether oxygens (including phenoxy) is 1. The van der Waals surface area contributed by atoms with Gasteiger partial charge in [-0.3, -0.25) is 19.6 Å². The van der Waals surface area contributed by atoms with E-state index in [4.69, 9.17) is 9.94 Å². The van der Waals surface area contributed by atoms with E-state index in [0.29, 0.717) is 6.54 Å². The van der Waals surface area contributed by atoms with Gasteiger partial charge in [0, 0.05) is 26.7 Å². The van der Waals surface area contributed by atoms with Gasteiger partial charge in [-0.05, 0) is 53.6 Å². The van der Waals surface area contributed by atoms with Gasteiger partial charge in [0.25, 0.3) is 0 Å². The zero-order valence-corrected chi connectivity index (χ0v) is 22.1. The maximum Gasteiger partial charge on any atom is 0.244 e. The number of carbonyl (C=O) groups excluding carboxylic acids is 3. The number of rotatable bonds is 10. The van der Waals surface area contributed by atoms with Crippen molar-refractivity contribution in [2.45, 2.75) is 59.9 Å². The molecule has 0 bridgehead atoms. The second-order valence-electron chi connectivity index (χ2n) is 9.66. The normalized spacial score (nSPS) is 12.7. The van der Waals surface area contributed by atoms with Crippen LogP contribution in [-0.2, 0) is 25.5 Å². The SMILES string of the molecule is CCCOC.CCNC(=O)C(NC(=O)C(CC(=O)NO)Cc1ccc2cc(F)ccc2c1)C(C)(C)C. The van der Waals surface area contributed by atoms with E-state index in [1.165, 1.54) is 12.1 Å². The van der Waals surface area contributed by atoms with Crippen LogP contribution >= 0.6 is 0 Å². The monoisotopic (exact) mass is 505 g/mol. The molecule has 0 aliphatic rings. The number of halogens is 1. The van der Waals surface area contributed by atoms with Crippen LogP contribution in [0.4, 0.5) is 4.39 Å². The van der Waals surface area contributed by atoms with E-state index in [0.717, 1.165) is 29.4 Å². The fourth-order valence-electron chi connectivity index (χ4n) is 3.62. The summed E-state index contributed by atoms with van der Waals surface area (Å²) in [4.78, 5) is 37.4. The van der Waals surface area contributed by atoms with Gasteiger partial charge in [0.1, 0.15) is 11.9 Å². The highest BCUT2D eigenvalue weighted by Gasteiger charge is 2.34. The van der Waals surface area contributed by atoms with Crippen LogP contribution in [0, 0.1) is 17.2 Å². The Morgan fingerprint density at radius 1 is 1.03 bits per heavy atom. The maximum atomic E-state index is 13.4. The average Bonchev–Trinajstić information content (AvgIpc) is 2.82. The first kappa shape index (κ1) is 31.0. The van der Waals surface area contributed by atoms with Gasteiger partial charge in [-0.25, -0.2) is 9.87 Å². The Hall–Kier alpha value is -3.04. The van der Waals surface area contributed by atoms with Gasteiger partial charge in [-0.2, -0.15) is 0 Å². The number of hydrogen-bond acceptors (Lipinski definition) is 5. The smallest absolute Gasteiger partial charge is 0.244 e. The summed E-state index contributed by atoms with van der Waals surface area (Å²) in [5.74, 6) is -2.62. The van der Waals surface area contributed by atoms with Gasteiger partial charge in [-0.15, -0.1) is 0 Å². The molecule has 36 heavy (non-hydrogen) atoms. The number of carbonyl (C=O) groups is 3. The molecule has 0 spiro atoms. The van der Waals surface area contributed by atoms with Crippen molar-refractivity contribution in [2.24, 2.45) is 11.3 Å². The standard InChI is InChI=1S/C23H30FN3O4.C4H10O/c1-5-25-22(30)20(23(2,3)4)26-21(29)17(13-19(28)27-31)11-14-6-7-16-12-18(24)9-8-15(16)10-14;1-3-4-5-2/h6-10,12,17,20,31H,5,11,13H2,1-4H3,(H,25,30)(H,26,29)(H,27,28);3-4H2,1-2H3. The maximum absolute atomic E-state index is 13.4. The van der Waals surface area contributed by atoms with Gasteiger partial charge >= 0.3 is 0 Å². The third-order valence-corrected chi connectivity index (χ3v) is 5.45. The molecule has 0 aromatic heterocycles. The molecule has 0 heterocycles. The van der Waals surface area contributed by atoms with Crippen LogP contribution in [0.15, 0.2) is 36.4 Å². The average molecular weight is 506 g/mol. The minimum atomic E-state index is -0.815. The fraction of sp³-hybridized carbons (Fsp3) is 0.519. The van der Waals surface area contributed by atoms with Crippen molar-refractivity contribution in [3.63, 3.8) is 0 Å². The van der Waals surface area contributed by atoms with Crippen molar-refractivity contribution in [1.82, 2.24) is 16.1 Å². The molecule has 0 aliphatic carbocycles. The zero-order valence-electron chi connectivity index (χ0n) is 22.1. The van der Waals surface area contributed by atoms with E-state index in [1.807, 2.05) is 26.8 Å². The minimum absolute atomic E-state index is 0.207. The first-order chi connectivity index (χ1) is 17.0. The first-order valence-corrected chi connectivity index (χ1v) is 12.1. The van der Waals surface area contributed by atoms with Crippen molar-refractivity contribution >= 4 is 28.5 Å². The van der Waals surface area contributed by atoms with Crippen LogP contribution in [0.5, 0.6) is 0 Å². The van der Waals surface area contributed by atoms with Gasteiger partial charge in [0.2, 0.25) is 17.7 Å². The van der Waals surface area contributed by atoms with E-state index in [9.17, 15) is 18.8 Å². The minimum Gasteiger partial charge on any atom is -0.385 e. The molecule has 0 fully saturated rings. The number of likely N-dealkylation sites (N-methyl/N-ethyl adjacent to an activating group) is 1. The molecular formula is C27H40FN3O5. The fourth-order valence-corrected chi connectivity index (χ4v) is 3.62. The van der Waals surface area contributed by atoms with Gasteiger partial charge < -0.3 is 15.4 Å².